The Hall–Kier alpha value is -2.28. The molecular weight excluding hydrogens is 314 g/mol. The van der Waals surface area contributed by atoms with Crippen LogP contribution < -0.4 is 5.32 Å². The molecule has 0 atom stereocenters. The largest absolute Gasteiger partial charge is 0.293 e. The molecule has 1 aliphatic carbocycles. The van der Waals surface area contributed by atoms with Crippen molar-refractivity contribution in [1.29, 1.82) is 0 Å². The van der Waals surface area contributed by atoms with E-state index in [1.807, 2.05) is 0 Å². The second-order valence-electron chi connectivity index (χ2n) is 5.54. The number of benzene rings is 1. The van der Waals surface area contributed by atoms with Crippen LogP contribution in [0.4, 0.5) is 5.95 Å². The zero-order valence-corrected chi connectivity index (χ0v) is 13.3. The van der Waals surface area contributed by atoms with Crippen molar-refractivity contribution in [3.63, 3.8) is 0 Å². The fourth-order valence-electron chi connectivity index (χ4n) is 2.97. The van der Waals surface area contributed by atoms with Crippen molar-refractivity contribution in [3.05, 3.63) is 48.8 Å². The molecule has 0 unspecified atom stereocenters. The third kappa shape index (κ3) is 2.72. The molecule has 1 N–H and O–H groups in total. The lowest BCUT2D eigenvalue weighted by atomic mass is 10.1. The number of sulfone groups is 1. The highest BCUT2D eigenvalue weighted by Gasteiger charge is 2.53. The van der Waals surface area contributed by atoms with Gasteiger partial charge in [0.1, 0.15) is 0 Å². The van der Waals surface area contributed by atoms with E-state index < -0.39 is 20.5 Å². The summed E-state index contributed by atoms with van der Waals surface area (Å²) >= 11 is 0. The lowest BCUT2D eigenvalue weighted by molar-refractivity contribution is -0.118. The number of carbonyl (C=O) groups excluding carboxylic acids is 1. The normalized spacial score (nSPS) is 16.9. The molecular formula is C16H17N3O3S. The fourth-order valence-corrected chi connectivity index (χ4v) is 5.06. The van der Waals surface area contributed by atoms with Crippen LogP contribution in [0.3, 0.4) is 0 Å². The number of nitrogens with one attached hydrogen (secondary N) is 1. The van der Waals surface area contributed by atoms with Gasteiger partial charge in [-0.05, 0) is 31.0 Å². The van der Waals surface area contributed by atoms with E-state index in [1.54, 1.807) is 24.3 Å². The predicted molar refractivity (Wildman–Crippen MR) is 85.5 cm³/mol. The van der Waals surface area contributed by atoms with Crippen molar-refractivity contribution < 1.29 is 13.2 Å². The summed E-state index contributed by atoms with van der Waals surface area (Å²) < 4.78 is 24.7. The molecule has 1 aromatic heterocycles. The number of anilines is 1. The third-order valence-corrected chi connectivity index (χ3v) is 6.70. The Morgan fingerprint density at radius 3 is 2.22 bits per heavy atom. The van der Waals surface area contributed by atoms with Gasteiger partial charge in [0.15, 0.2) is 14.6 Å². The highest BCUT2D eigenvalue weighted by molar-refractivity contribution is 7.93. The van der Waals surface area contributed by atoms with Gasteiger partial charge in [0.25, 0.3) is 0 Å². The standard InChI is InChI=1S/C16H17N3O3S/c20-14(19-15-17-11-6-12-18-15)16(9-4-5-10-16)23(21,22)13-7-2-1-3-8-13/h1-3,6-8,11-12H,4-5,9-10H2,(H,17,18,19,20). The molecule has 6 nitrogen and oxygen atoms in total. The summed E-state index contributed by atoms with van der Waals surface area (Å²) in [5, 5.41) is 2.56. The van der Waals surface area contributed by atoms with Gasteiger partial charge in [0.2, 0.25) is 11.9 Å². The van der Waals surface area contributed by atoms with Crippen LogP contribution in [-0.2, 0) is 14.6 Å². The van der Waals surface area contributed by atoms with Crippen molar-refractivity contribution in [2.24, 2.45) is 0 Å². The molecule has 0 saturated heterocycles. The second-order valence-corrected chi connectivity index (χ2v) is 7.80. The Morgan fingerprint density at radius 2 is 1.61 bits per heavy atom. The molecule has 3 rings (SSSR count). The maximum atomic E-state index is 13.1. The van der Waals surface area contributed by atoms with Crippen LogP contribution >= 0.6 is 0 Å². The van der Waals surface area contributed by atoms with E-state index in [0.717, 1.165) is 0 Å². The van der Waals surface area contributed by atoms with Gasteiger partial charge in [0, 0.05) is 12.4 Å². The maximum Gasteiger partial charge on any atom is 0.248 e. The van der Waals surface area contributed by atoms with Crippen molar-refractivity contribution in [3.8, 4) is 0 Å². The topological polar surface area (TPSA) is 89.0 Å². The zero-order chi connectivity index (χ0) is 16.3. The Morgan fingerprint density at radius 1 is 1.00 bits per heavy atom. The first-order valence-corrected chi connectivity index (χ1v) is 8.93. The van der Waals surface area contributed by atoms with Crippen molar-refractivity contribution >= 4 is 21.7 Å². The van der Waals surface area contributed by atoms with Crippen LogP contribution in [0.5, 0.6) is 0 Å². The molecule has 0 radical (unpaired) electrons. The molecule has 23 heavy (non-hydrogen) atoms. The summed E-state index contributed by atoms with van der Waals surface area (Å²) in [5.74, 6) is -0.433. The Balaban J connectivity index is 1.98. The highest BCUT2D eigenvalue weighted by Crippen LogP contribution is 2.41. The molecule has 1 amide bonds. The van der Waals surface area contributed by atoms with E-state index in [-0.39, 0.29) is 10.8 Å². The zero-order valence-electron chi connectivity index (χ0n) is 12.5. The first kappa shape index (κ1) is 15.6. The Kier molecular flexibility index (Phi) is 4.12. The second kappa shape index (κ2) is 6.08. The maximum absolute atomic E-state index is 13.1. The molecule has 2 aromatic rings. The van der Waals surface area contributed by atoms with E-state index in [1.165, 1.54) is 24.5 Å². The molecule has 1 fully saturated rings. The average Bonchev–Trinajstić information content (AvgIpc) is 3.08. The van der Waals surface area contributed by atoms with Crippen LogP contribution in [0.15, 0.2) is 53.7 Å². The van der Waals surface area contributed by atoms with Gasteiger partial charge in [-0.2, -0.15) is 0 Å². The Labute approximate surface area is 134 Å². The summed E-state index contributed by atoms with van der Waals surface area (Å²) in [5.41, 5.74) is 0. The third-order valence-electron chi connectivity index (χ3n) is 4.18. The van der Waals surface area contributed by atoms with E-state index in [9.17, 15) is 13.2 Å². The SMILES string of the molecule is O=C(Nc1ncccn1)C1(S(=O)(=O)c2ccccc2)CCCC1. The molecule has 120 valence electrons. The predicted octanol–water partition coefficient (Wildman–Crippen LogP) is 2.20. The molecule has 0 bridgehead atoms. The minimum absolute atomic E-state index is 0.118. The minimum Gasteiger partial charge on any atom is -0.293 e. The number of amides is 1. The van der Waals surface area contributed by atoms with E-state index in [0.29, 0.717) is 25.7 Å². The summed E-state index contributed by atoms with van der Waals surface area (Å²) in [6, 6.07) is 9.75. The molecule has 1 saturated carbocycles. The molecule has 1 aromatic carbocycles. The summed E-state index contributed by atoms with van der Waals surface area (Å²) in [6.45, 7) is 0. The smallest absolute Gasteiger partial charge is 0.248 e. The number of aromatic nitrogens is 2. The lowest BCUT2D eigenvalue weighted by Gasteiger charge is -2.27. The molecule has 0 spiro atoms. The van der Waals surface area contributed by atoms with E-state index in [2.05, 4.69) is 15.3 Å². The van der Waals surface area contributed by atoms with E-state index in [4.69, 9.17) is 0 Å². The number of hydrogen-bond acceptors (Lipinski definition) is 5. The monoisotopic (exact) mass is 331 g/mol. The van der Waals surface area contributed by atoms with Gasteiger partial charge in [-0.1, -0.05) is 31.0 Å². The molecule has 7 heteroatoms. The van der Waals surface area contributed by atoms with E-state index >= 15 is 0 Å². The molecule has 0 aliphatic heterocycles. The molecule has 1 heterocycles. The summed E-state index contributed by atoms with van der Waals surface area (Å²) in [7, 11) is -3.79. The summed E-state index contributed by atoms with van der Waals surface area (Å²) in [6.07, 6.45) is 5.02. The minimum atomic E-state index is -3.79. The van der Waals surface area contributed by atoms with Crippen molar-refractivity contribution in [2.45, 2.75) is 35.3 Å². The fraction of sp³-hybridized carbons (Fsp3) is 0.312. The summed E-state index contributed by atoms with van der Waals surface area (Å²) in [4.78, 5) is 20.8. The van der Waals surface area contributed by atoms with Crippen LogP contribution in [-0.4, -0.2) is 29.0 Å². The number of rotatable bonds is 4. The van der Waals surface area contributed by atoms with Crippen LogP contribution in [0.2, 0.25) is 0 Å². The first-order chi connectivity index (χ1) is 11.1. The van der Waals surface area contributed by atoms with Crippen LogP contribution in [0, 0.1) is 0 Å². The number of carbonyl (C=O) groups is 1. The van der Waals surface area contributed by atoms with Gasteiger partial charge in [-0.3, -0.25) is 10.1 Å². The molecule has 1 aliphatic rings. The van der Waals surface area contributed by atoms with Crippen LogP contribution in [0.1, 0.15) is 25.7 Å². The Bertz CT molecular complexity index is 786. The van der Waals surface area contributed by atoms with Crippen molar-refractivity contribution in [2.75, 3.05) is 5.32 Å². The van der Waals surface area contributed by atoms with Gasteiger partial charge >= 0.3 is 0 Å². The van der Waals surface area contributed by atoms with Gasteiger partial charge < -0.3 is 0 Å². The van der Waals surface area contributed by atoms with Gasteiger partial charge in [-0.25, -0.2) is 18.4 Å². The highest BCUT2D eigenvalue weighted by atomic mass is 32.2. The first-order valence-electron chi connectivity index (χ1n) is 7.44. The number of hydrogen-bond donors (Lipinski definition) is 1. The van der Waals surface area contributed by atoms with Crippen LogP contribution in [0.25, 0.3) is 0 Å². The van der Waals surface area contributed by atoms with Crippen molar-refractivity contribution in [1.82, 2.24) is 9.97 Å². The van der Waals surface area contributed by atoms with Gasteiger partial charge in [-0.15, -0.1) is 0 Å². The number of nitrogens with zero attached hydrogens (tertiary/aromatic N) is 2. The average molecular weight is 331 g/mol. The lowest BCUT2D eigenvalue weighted by Crippen LogP contribution is -2.47. The quantitative estimate of drug-likeness (QED) is 0.928. The van der Waals surface area contributed by atoms with Gasteiger partial charge in [0.05, 0.1) is 4.90 Å².